The van der Waals surface area contributed by atoms with Crippen molar-refractivity contribution in [2.45, 2.75) is 32.9 Å². The summed E-state index contributed by atoms with van der Waals surface area (Å²) in [5.74, 6) is 0.226. The molecule has 2 aromatic carbocycles. The molecule has 0 radical (unpaired) electrons. The lowest BCUT2D eigenvalue weighted by molar-refractivity contribution is -0.145. The fourth-order valence-corrected chi connectivity index (χ4v) is 4.43. The van der Waals surface area contributed by atoms with Gasteiger partial charge in [-0.3, -0.25) is 0 Å². The molecule has 10 nitrogen and oxygen atoms in total. The van der Waals surface area contributed by atoms with Gasteiger partial charge < -0.3 is 34.6 Å². The number of aliphatic hydroxyl groups excluding tert-OH is 1. The highest BCUT2D eigenvalue weighted by atomic mass is 35.5. The predicted molar refractivity (Wildman–Crippen MR) is 156 cm³/mol. The maximum atomic E-state index is 15.0. The Balaban J connectivity index is 0.00000108. The molecule has 2 aromatic heterocycles. The molecule has 0 saturated carbocycles. The molecule has 0 atom stereocenters. The van der Waals surface area contributed by atoms with E-state index in [0.717, 1.165) is 28.7 Å². The van der Waals surface area contributed by atoms with E-state index in [2.05, 4.69) is 14.5 Å². The number of para-hydroxylation sites is 1. The number of hydrogen-bond donors (Lipinski definition) is 2. The molecule has 0 fully saturated rings. The number of hydrogen-bond acceptors (Lipinski definition) is 9. The maximum absolute atomic E-state index is 15.0. The molecule has 41 heavy (non-hydrogen) atoms. The minimum absolute atomic E-state index is 0.0237. The molecule has 4 rings (SSSR count). The van der Waals surface area contributed by atoms with Crippen molar-refractivity contribution in [3.05, 3.63) is 59.7 Å². The number of alkyl halides is 1. The van der Waals surface area contributed by atoms with E-state index in [1.165, 1.54) is 6.07 Å². The van der Waals surface area contributed by atoms with E-state index in [4.69, 9.17) is 31.6 Å². The standard InChI is InChI=1S/C27H32FN5O4.C2H3ClO/c1-3-36-23(35)17-37-21-11-6-8-18(24(21)28)16-32(2)13-7-14-33-22(12-15-34)31-25-26(33)19-9-4-5-10-20(19)30-27(25)29;3-1-2-4/h4-6,8-11,34H,3,7,12-17H2,1-2H3,(H2,29,30);2H,1H2. The number of imidazole rings is 1. The second kappa shape index (κ2) is 15.8. The van der Waals surface area contributed by atoms with E-state index in [1.807, 2.05) is 36.2 Å². The molecular weight excluding hydrogens is 553 g/mol. The van der Waals surface area contributed by atoms with Crippen molar-refractivity contribution >= 4 is 51.6 Å². The number of fused-ring (bicyclic) bond motifs is 3. The van der Waals surface area contributed by atoms with E-state index < -0.39 is 11.8 Å². The third kappa shape index (κ3) is 8.35. The Kier molecular flexibility index (Phi) is 12.3. The lowest BCUT2D eigenvalue weighted by Gasteiger charge is -2.19. The number of pyridine rings is 1. The number of carbonyl (C=O) groups is 2. The van der Waals surface area contributed by atoms with Crippen LogP contribution in [0.4, 0.5) is 10.2 Å². The van der Waals surface area contributed by atoms with Gasteiger partial charge in [0.05, 0.1) is 30.1 Å². The van der Waals surface area contributed by atoms with Gasteiger partial charge in [0.25, 0.3) is 0 Å². The van der Waals surface area contributed by atoms with Gasteiger partial charge in [-0.25, -0.2) is 19.2 Å². The number of aliphatic hydroxyl groups is 1. The Bertz CT molecular complexity index is 1460. The molecule has 0 aliphatic rings. The van der Waals surface area contributed by atoms with Gasteiger partial charge in [0.1, 0.15) is 17.6 Å². The highest BCUT2D eigenvalue weighted by Gasteiger charge is 2.18. The third-order valence-corrected chi connectivity index (χ3v) is 6.27. The highest BCUT2D eigenvalue weighted by Crippen LogP contribution is 2.29. The normalized spacial score (nSPS) is 11.0. The van der Waals surface area contributed by atoms with Crippen LogP contribution in [0.15, 0.2) is 42.5 Å². The van der Waals surface area contributed by atoms with Gasteiger partial charge in [-0.1, -0.05) is 30.3 Å². The molecule has 0 spiro atoms. The van der Waals surface area contributed by atoms with Gasteiger partial charge >= 0.3 is 5.97 Å². The van der Waals surface area contributed by atoms with Gasteiger partial charge in [0.2, 0.25) is 0 Å². The Morgan fingerprint density at radius 3 is 2.68 bits per heavy atom. The van der Waals surface area contributed by atoms with Crippen molar-refractivity contribution in [2.75, 3.05) is 45.0 Å². The third-order valence-electron chi connectivity index (χ3n) is 6.14. The van der Waals surface area contributed by atoms with Crippen molar-refractivity contribution < 1.29 is 28.6 Å². The second-order valence-electron chi connectivity index (χ2n) is 9.10. The van der Waals surface area contributed by atoms with Gasteiger partial charge in [0, 0.05) is 30.5 Å². The molecule has 220 valence electrons. The van der Waals surface area contributed by atoms with Crippen LogP contribution in [-0.4, -0.2) is 76.1 Å². The van der Waals surface area contributed by atoms with E-state index in [9.17, 15) is 14.3 Å². The molecule has 4 aromatic rings. The number of anilines is 1. The summed E-state index contributed by atoms with van der Waals surface area (Å²) in [6, 6.07) is 12.7. The summed E-state index contributed by atoms with van der Waals surface area (Å²) in [5.41, 5.74) is 9.03. The first kappa shape index (κ1) is 31.7. The van der Waals surface area contributed by atoms with E-state index >= 15 is 0 Å². The zero-order valence-electron chi connectivity index (χ0n) is 23.2. The zero-order chi connectivity index (χ0) is 29.8. The van der Waals surface area contributed by atoms with E-state index in [-0.39, 0.29) is 31.5 Å². The Morgan fingerprint density at radius 2 is 1.98 bits per heavy atom. The average Bonchev–Trinajstić information content (AvgIpc) is 3.33. The Labute approximate surface area is 242 Å². The highest BCUT2D eigenvalue weighted by molar-refractivity contribution is 6.24. The topological polar surface area (TPSA) is 133 Å². The van der Waals surface area contributed by atoms with Crippen LogP contribution in [0.25, 0.3) is 21.9 Å². The van der Waals surface area contributed by atoms with Crippen LogP contribution in [0.2, 0.25) is 0 Å². The van der Waals surface area contributed by atoms with Crippen molar-refractivity contribution in [3.63, 3.8) is 0 Å². The summed E-state index contributed by atoms with van der Waals surface area (Å²) in [6.07, 6.45) is 1.81. The smallest absolute Gasteiger partial charge is 0.344 e. The summed E-state index contributed by atoms with van der Waals surface area (Å²) in [7, 11) is 1.92. The maximum Gasteiger partial charge on any atom is 0.344 e. The average molecular weight is 588 g/mol. The predicted octanol–water partition coefficient (Wildman–Crippen LogP) is 3.73. The van der Waals surface area contributed by atoms with E-state index in [0.29, 0.717) is 49.2 Å². The number of halogens is 2. The summed E-state index contributed by atoms with van der Waals surface area (Å²) in [6.45, 7) is 3.28. The Hall–Kier alpha value is -3.80. The van der Waals surface area contributed by atoms with Crippen LogP contribution in [0.1, 0.15) is 24.7 Å². The molecule has 0 aliphatic carbocycles. The SMILES string of the molecule is CCOC(=O)COc1cccc(CN(C)CCCn2c(CCO)nc3c(N)nc4ccccc4c32)c1F.O=CCCl. The van der Waals surface area contributed by atoms with Crippen LogP contribution < -0.4 is 10.5 Å². The first-order valence-corrected chi connectivity index (χ1v) is 13.8. The molecule has 3 N–H and O–H groups in total. The number of aromatic nitrogens is 3. The quantitative estimate of drug-likeness (QED) is 0.136. The number of ether oxygens (including phenoxy) is 2. The molecule has 0 unspecified atom stereocenters. The van der Waals surface area contributed by atoms with Gasteiger partial charge in [-0.05, 0) is 39.1 Å². The summed E-state index contributed by atoms with van der Waals surface area (Å²) in [4.78, 5) is 31.8. The molecule has 0 saturated heterocycles. The molecule has 0 bridgehead atoms. The second-order valence-corrected chi connectivity index (χ2v) is 9.41. The number of rotatable bonds is 13. The summed E-state index contributed by atoms with van der Waals surface area (Å²) in [5, 5.41) is 10.6. The van der Waals surface area contributed by atoms with Gasteiger partial charge in [0.15, 0.2) is 24.0 Å². The summed E-state index contributed by atoms with van der Waals surface area (Å²) < 4.78 is 27.2. The van der Waals surface area contributed by atoms with Crippen LogP contribution in [0.3, 0.4) is 0 Å². The zero-order valence-corrected chi connectivity index (χ0v) is 23.9. The number of nitrogens with zero attached hydrogens (tertiary/aromatic N) is 4. The molecule has 0 aliphatic heterocycles. The van der Waals surface area contributed by atoms with Crippen LogP contribution in [0.5, 0.6) is 5.75 Å². The van der Waals surface area contributed by atoms with Crippen molar-refractivity contribution in [3.8, 4) is 5.75 Å². The first-order valence-electron chi connectivity index (χ1n) is 13.2. The molecule has 12 heteroatoms. The molecular formula is C29H35ClFN5O5. The minimum Gasteiger partial charge on any atom is -0.479 e. The minimum atomic E-state index is -0.540. The number of benzene rings is 2. The number of aryl methyl sites for hydroxylation is 1. The lowest BCUT2D eigenvalue weighted by Crippen LogP contribution is -2.22. The number of nitrogen functional groups attached to an aromatic ring is 1. The Morgan fingerprint density at radius 1 is 1.22 bits per heavy atom. The van der Waals surface area contributed by atoms with Crippen LogP contribution in [0, 0.1) is 5.82 Å². The van der Waals surface area contributed by atoms with Crippen molar-refractivity contribution in [2.24, 2.45) is 0 Å². The number of nitrogens with two attached hydrogens (primary N) is 1. The monoisotopic (exact) mass is 587 g/mol. The van der Waals surface area contributed by atoms with Crippen molar-refractivity contribution in [1.82, 2.24) is 19.4 Å². The number of esters is 1. The lowest BCUT2D eigenvalue weighted by atomic mass is 10.1. The van der Waals surface area contributed by atoms with Crippen LogP contribution >= 0.6 is 11.6 Å². The fraction of sp³-hybridized carbons (Fsp3) is 0.379. The van der Waals surface area contributed by atoms with E-state index in [1.54, 1.807) is 19.1 Å². The van der Waals surface area contributed by atoms with Crippen LogP contribution in [-0.2, 0) is 33.8 Å². The fourth-order valence-electron chi connectivity index (χ4n) is 4.43. The van der Waals surface area contributed by atoms with Gasteiger partial charge in [-0.2, -0.15) is 0 Å². The molecule has 2 heterocycles. The number of carbonyl (C=O) groups excluding carboxylic acids is 2. The largest absolute Gasteiger partial charge is 0.479 e. The molecule has 0 amide bonds. The summed E-state index contributed by atoms with van der Waals surface area (Å²) >= 11 is 4.82. The number of aldehydes is 1. The van der Waals surface area contributed by atoms with Gasteiger partial charge in [-0.15, -0.1) is 11.6 Å². The first-order chi connectivity index (χ1) is 19.8. The van der Waals surface area contributed by atoms with Crippen molar-refractivity contribution in [1.29, 1.82) is 0 Å².